The summed E-state index contributed by atoms with van der Waals surface area (Å²) in [5.41, 5.74) is 0.609. The number of rotatable bonds is 12. The first-order valence-corrected chi connectivity index (χ1v) is 8.68. The van der Waals surface area contributed by atoms with Gasteiger partial charge in [0.15, 0.2) is 0 Å². The van der Waals surface area contributed by atoms with Crippen molar-refractivity contribution < 1.29 is 19.1 Å². The lowest BCUT2D eigenvalue weighted by atomic mass is 10.1. The number of ether oxygens (including phenoxy) is 2. The minimum atomic E-state index is -0.241. The van der Waals surface area contributed by atoms with Crippen LogP contribution in [-0.2, 0) is 14.3 Å². The van der Waals surface area contributed by atoms with Gasteiger partial charge in [0.2, 0.25) is 0 Å². The van der Waals surface area contributed by atoms with Crippen molar-refractivity contribution in [3.8, 4) is 0 Å². The quantitative estimate of drug-likeness (QED) is 0.316. The fourth-order valence-corrected chi connectivity index (χ4v) is 2.27. The van der Waals surface area contributed by atoms with Gasteiger partial charge in [0, 0.05) is 0 Å². The minimum Gasteiger partial charge on any atom is -0.469 e. The summed E-state index contributed by atoms with van der Waals surface area (Å²) in [5, 5.41) is 0. The highest BCUT2D eigenvalue weighted by Gasteiger charge is 2.04. The summed E-state index contributed by atoms with van der Waals surface area (Å²) in [6.07, 6.45) is 12.0. The minimum absolute atomic E-state index is 0.195. The Kier molecular flexibility index (Phi) is 11.1. The molecule has 0 bridgehead atoms. The van der Waals surface area contributed by atoms with Crippen molar-refractivity contribution in [3.63, 3.8) is 0 Å². The predicted octanol–water partition coefficient (Wildman–Crippen LogP) is 4.69. The third-order valence-electron chi connectivity index (χ3n) is 3.69. The predicted molar refractivity (Wildman–Crippen MR) is 94.8 cm³/mol. The normalized spacial score (nSPS) is 10.7. The van der Waals surface area contributed by atoms with Crippen LogP contribution in [0.15, 0.2) is 42.5 Å². The third-order valence-corrected chi connectivity index (χ3v) is 3.69. The highest BCUT2D eigenvalue weighted by molar-refractivity contribution is 5.89. The van der Waals surface area contributed by atoms with Gasteiger partial charge >= 0.3 is 11.9 Å². The highest BCUT2D eigenvalue weighted by Crippen LogP contribution is 2.09. The standard InChI is InChI=1S/C20H28O4/c1-23-19(21)16-12-7-5-3-2-4-6-8-13-17-24-20(22)18-14-10-9-11-15-18/h7,9-12,14-15H,2-6,8,13,16-17H2,1H3/b12-7+. The Morgan fingerprint density at radius 2 is 1.58 bits per heavy atom. The largest absolute Gasteiger partial charge is 0.469 e. The Balaban J connectivity index is 1.89. The Labute approximate surface area is 144 Å². The summed E-state index contributed by atoms with van der Waals surface area (Å²) in [5.74, 6) is -0.437. The van der Waals surface area contributed by atoms with Crippen LogP contribution < -0.4 is 0 Å². The van der Waals surface area contributed by atoms with E-state index < -0.39 is 0 Å². The lowest BCUT2D eigenvalue weighted by molar-refractivity contribution is -0.139. The van der Waals surface area contributed by atoms with Crippen molar-refractivity contribution in [1.82, 2.24) is 0 Å². The second-order valence-corrected chi connectivity index (χ2v) is 5.66. The molecular weight excluding hydrogens is 304 g/mol. The maximum Gasteiger partial charge on any atom is 0.338 e. The first-order valence-electron chi connectivity index (χ1n) is 8.68. The van der Waals surface area contributed by atoms with Crippen LogP contribution in [0.1, 0.15) is 61.7 Å². The van der Waals surface area contributed by atoms with Crippen molar-refractivity contribution in [2.75, 3.05) is 13.7 Å². The van der Waals surface area contributed by atoms with E-state index in [1.807, 2.05) is 30.4 Å². The lowest BCUT2D eigenvalue weighted by Crippen LogP contribution is -2.06. The smallest absolute Gasteiger partial charge is 0.338 e. The molecule has 4 heteroatoms. The molecule has 1 aromatic carbocycles. The number of benzene rings is 1. The van der Waals surface area contributed by atoms with Gasteiger partial charge in [-0.25, -0.2) is 4.79 Å². The molecule has 0 aromatic heterocycles. The second kappa shape index (κ2) is 13.3. The van der Waals surface area contributed by atoms with E-state index in [9.17, 15) is 9.59 Å². The Morgan fingerprint density at radius 3 is 2.29 bits per heavy atom. The monoisotopic (exact) mass is 332 g/mol. The summed E-state index contributed by atoms with van der Waals surface area (Å²) in [6.45, 7) is 0.490. The summed E-state index contributed by atoms with van der Waals surface area (Å²) in [4.78, 5) is 22.6. The number of allylic oxidation sites excluding steroid dienone is 1. The topological polar surface area (TPSA) is 52.6 Å². The van der Waals surface area contributed by atoms with Crippen LogP contribution in [0.4, 0.5) is 0 Å². The van der Waals surface area contributed by atoms with E-state index in [2.05, 4.69) is 4.74 Å². The lowest BCUT2D eigenvalue weighted by Gasteiger charge is -2.04. The zero-order valence-electron chi connectivity index (χ0n) is 14.5. The number of unbranched alkanes of at least 4 members (excludes halogenated alkanes) is 6. The number of esters is 2. The first-order chi connectivity index (χ1) is 11.7. The molecule has 0 saturated carbocycles. The molecule has 0 atom stereocenters. The van der Waals surface area contributed by atoms with Gasteiger partial charge in [-0.15, -0.1) is 0 Å². The van der Waals surface area contributed by atoms with Crippen LogP contribution in [0.5, 0.6) is 0 Å². The van der Waals surface area contributed by atoms with Gasteiger partial charge in [-0.2, -0.15) is 0 Å². The Morgan fingerprint density at radius 1 is 0.917 bits per heavy atom. The molecule has 0 spiro atoms. The van der Waals surface area contributed by atoms with E-state index in [4.69, 9.17) is 4.74 Å². The maximum atomic E-state index is 11.7. The third kappa shape index (κ3) is 9.82. The summed E-state index contributed by atoms with van der Waals surface area (Å²) in [7, 11) is 1.40. The molecule has 0 unspecified atom stereocenters. The van der Waals surface area contributed by atoms with Crippen molar-refractivity contribution >= 4 is 11.9 Å². The highest BCUT2D eigenvalue weighted by atomic mass is 16.5. The molecule has 0 saturated heterocycles. The molecule has 0 aliphatic rings. The van der Waals surface area contributed by atoms with Gasteiger partial charge in [-0.3, -0.25) is 4.79 Å². The molecule has 1 aromatic rings. The van der Waals surface area contributed by atoms with Crippen molar-refractivity contribution in [2.45, 2.75) is 51.4 Å². The molecule has 0 aliphatic carbocycles. The zero-order valence-corrected chi connectivity index (χ0v) is 14.5. The van der Waals surface area contributed by atoms with E-state index in [0.717, 1.165) is 32.1 Å². The van der Waals surface area contributed by atoms with Crippen molar-refractivity contribution in [3.05, 3.63) is 48.0 Å². The van der Waals surface area contributed by atoms with Crippen LogP contribution in [0.2, 0.25) is 0 Å². The van der Waals surface area contributed by atoms with Gasteiger partial charge in [0.05, 0.1) is 25.7 Å². The molecule has 0 N–H and O–H groups in total. The van der Waals surface area contributed by atoms with Gasteiger partial charge in [0.25, 0.3) is 0 Å². The molecule has 4 nitrogen and oxygen atoms in total. The van der Waals surface area contributed by atoms with Gasteiger partial charge in [-0.1, -0.05) is 56.0 Å². The van der Waals surface area contributed by atoms with Crippen LogP contribution in [0.3, 0.4) is 0 Å². The van der Waals surface area contributed by atoms with Crippen molar-refractivity contribution in [2.24, 2.45) is 0 Å². The summed E-state index contributed by atoms with van der Waals surface area (Å²) >= 11 is 0. The molecule has 24 heavy (non-hydrogen) atoms. The van der Waals surface area contributed by atoms with Crippen LogP contribution >= 0.6 is 0 Å². The van der Waals surface area contributed by atoms with E-state index >= 15 is 0 Å². The van der Waals surface area contributed by atoms with Gasteiger partial charge < -0.3 is 9.47 Å². The van der Waals surface area contributed by atoms with E-state index in [0.29, 0.717) is 18.6 Å². The molecule has 0 amide bonds. The molecule has 0 heterocycles. The van der Waals surface area contributed by atoms with E-state index in [1.165, 1.54) is 20.0 Å². The average Bonchev–Trinajstić information content (AvgIpc) is 2.62. The van der Waals surface area contributed by atoms with E-state index in [-0.39, 0.29) is 11.9 Å². The van der Waals surface area contributed by atoms with Gasteiger partial charge in [-0.05, 0) is 31.4 Å². The zero-order chi connectivity index (χ0) is 17.5. The molecule has 0 aliphatic heterocycles. The first kappa shape index (κ1) is 19.9. The molecular formula is C20H28O4. The average molecular weight is 332 g/mol. The molecule has 1 rings (SSSR count). The number of carbonyl (C=O) groups is 2. The fourth-order valence-electron chi connectivity index (χ4n) is 2.27. The Bertz CT molecular complexity index is 494. The SMILES string of the molecule is COC(=O)C/C=C/CCCCCCCCOC(=O)c1ccccc1. The Hall–Kier alpha value is -2.10. The number of methoxy groups -OCH3 is 1. The number of carbonyl (C=O) groups excluding carboxylic acids is 2. The van der Waals surface area contributed by atoms with Crippen molar-refractivity contribution in [1.29, 1.82) is 0 Å². The number of hydrogen-bond donors (Lipinski definition) is 0. The number of hydrogen-bond acceptors (Lipinski definition) is 4. The molecule has 0 fully saturated rings. The summed E-state index contributed by atoms with van der Waals surface area (Å²) < 4.78 is 9.80. The second-order valence-electron chi connectivity index (χ2n) is 5.66. The van der Waals surface area contributed by atoms with E-state index in [1.54, 1.807) is 12.1 Å². The van der Waals surface area contributed by atoms with Gasteiger partial charge in [0.1, 0.15) is 0 Å². The maximum absolute atomic E-state index is 11.7. The summed E-state index contributed by atoms with van der Waals surface area (Å²) in [6, 6.07) is 9.08. The van der Waals surface area contributed by atoms with Crippen LogP contribution in [0.25, 0.3) is 0 Å². The molecule has 132 valence electrons. The molecule has 0 radical (unpaired) electrons. The van der Waals surface area contributed by atoms with Crippen LogP contribution in [0, 0.1) is 0 Å². The van der Waals surface area contributed by atoms with Crippen LogP contribution in [-0.4, -0.2) is 25.7 Å². The fraction of sp³-hybridized carbons (Fsp3) is 0.500.